The lowest BCUT2D eigenvalue weighted by molar-refractivity contribution is 0.0942. The van der Waals surface area contributed by atoms with Crippen LogP contribution in [0, 0.1) is 0 Å². The zero-order valence-electron chi connectivity index (χ0n) is 11.4. The summed E-state index contributed by atoms with van der Waals surface area (Å²) in [7, 11) is 0. The summed E-state index contributed by atoms with van der Waals surface area (Å²) in [5.41, 5.74) is 5.04. The molecule has 8 heteroatoms. The van der Waals surface area contributed by atoms with Crippen LogP contribution in [0.15, 0.2) is 59.0 Å². The maximum atomic E-state index is 11.6. The maximum absolute atomic E-state index is 11.6. The van der Waals surface area contributed by atoms with Gasteiger partial charge in [0.2, 0.25) is 0 Å². The topological polar surface area (TPSA) is 109 Å². The van der Waals surface area contributed by atoms with Crippen molar-refractivity contribution in [3.63, 3.8) is 0 Å². The van der Waals surface area contributed by atoms with E-state index in [1.165, 1.54) is 24.8 Å². The number of nitrogens with zero attached hydrogens (tertiary/aromatic N) is 4. The molecule has 0 unspecified atom stereocenters. The summed E-state index contributed by atoms with van der Waals surface area (Å²) in [6.45, 7) is 0. The van der Waals surface area contributed by atoms with Crippen LogP contribution in [0.25, 0.3) is 0 Å². The third-order valence-electron chi connectivity index (χ3n) is 2.34. The Labute approximate surface area is 126 Å². The molecule has 2 aromatic rings. The van der Waals surface area contributed by atoms with Crippen LogP contribution in [0.3, 0.4) is 0 Å². The Kier molecular flexibility index (Phi) is 5.45. The van der Waals surface area contributed by atoms with E-state index in [0.717, 1.165) is 0 Å². The highest BCUT2D eigenvalue weighted by atomic mass is 16.2. The lowest BCUT2D eigenvalue weighted by atomic mass is 10.3. The summed E-state index contributed by atoms with van der Waals surface area (Å²) in [5, 5.41) is 7.27. The van der Waals surface area contributed by atoms with E-state index in [0.29, 0.717) is 0 Å². The normalized spacial score (nSPS) is 10.7. The Hall–Kier alpha value is -3.42. The van der Waals surface area contributed by atoms with Gasteiger partial charge < -0.3 is 0 Å². The average molecular weight is 296 g/mol. The molecule has 0 spiro atoms. The molecule has 0 saturated carbocycles. The van der Waals surface area contributed by atoms with Gasteiger partial charge in [0.15, 0.2) is 0 Å². The van der Waals surface area contributed by atoms with Crippen molar-refractivity contribution in [3.05, 3.63) is 60.2 Å². The van der Waals surface area contributed by atoms with Gasteiger partial charge in [-0.25, -0.2) is 10.9 Å². The Bertz CT molecular complexity index is 623. The zero-order valence-corrected chi connectivity index (χ0v) is 11.4. The molecule has 0 aliphatic rings. The highest BCUT2D eigenvalue weighted by molar-refractivity contribution is 6.16. The molecular formula is C14H12N6O2. The third kappa shape index (κ3) is 4.60. The molecule has 0 atom stereocenters. The molecule has 22 heavy (non-hydrogen) atoms. The highest BCUT2D eigenvalue weighted by Crippen LogP contribution is 1.92. The number of hydrogen-bond donors (Lipinski definition) is 2. The van der Waals surface area contributed by atoms with Gasteiger partial charge in [0.1, 0.15) is 11.4 Å². The lowest BCUT2D eigenvalue weighted by Crippen LogP contribution is -2.20. The van der Waals surface area contributed by atoms with Crippen LogP contribution in [-0.4, -0.2) is 34.2 Å². The van der Waals surface area contributed by atoms with Crippen LogP contribution in [-0.2, 0) is 0 Å². The summed E-state index contributed by atoms with van der Waals surface area (Å²) < 4.78 is 0. The van der Waals surface area contributed by atoms with Crippen LogP contribution < -0.4 is 10.9 Å². The molecule has 0 aromatic carbocycles. The number of nitrogens with one attached hydrogen (secondary N) is 2. The minimum Gasteiger partial charge on any atom is -0.266 e. The largest absolute Gasteiger partial charge is 0.289 e. The second-order valence-electron chi connectivity index (χ2n) is 3.87. The number of carbonyl (C=O) groups excluding carboxylic acids is 2. The van der Waals surface area contributed by atoms with E-state index in [4.69, 9.17) is 0 Å². The molecule has 2 rings (SSSR count). The van der Waals surface area contributed by atoms with Gasteiger partial charge in [-0.1, -0.05) is 12.1 Å². The van der Waals surface area contributed by atoms with Crippen LogP contribution >= 0.6 is 0 Å². The predicted molar refractivity (Wildman–Crippen MR) is 80.4 cm³/mol. The smallest absolute Gasteiger partial charge is 0.266 e. The van der Waals surface area contributed by atoms with E-state index in [1.807, 2.05) is 0 Å². The molecule has 8 nitrogen and oxygen atoms in total. The van der Waals surface area contributed by atoms with Crippen molar-refractivity contribution in [1.82, 2.24) is 20.8 Å². The van der Waals surface area contributed by atoms with Crippen molar-refractivity contribution in [2.75, 3.05) is 0 Å². The lowest BCUT2D eigenvalue weighted by Gasteiger charge is -1.97. The second kappa shape index (κ2) is 8.00. The van der Waals surface area contributed by atoms with E-state index in [1.54, 1.807) is 36.4 Å². The molecule has 0 aliphatic carbocycles. The molecule has 0 radical (unpaired) electrons. The molecule has 0 bridgehead atoms. The number of rotatable bonds is 5. The summed E-state index contributed by atoms with van der Waals surface area (Å²) in [5.74, 6) is -0.884. The minimum absolute atomic E-state index is 0.250. The molecule has 2 N–H and O–H groups in total. The van der Waals surface area contributed by atoms with Crippen molar-refractivity contribution in [2.45, 2.75) is 0 Å². The van der Waals surface area contributed by atoms with Gasteiger partial charge >= 0.3 is 0 Å². The number of pyridine rings is 2. The Morgan fingerprint density at radius 1 is 0.818 bits per heavy atom. The fourth-order valence-corrected chi connectivity index (χ4v) is 1.37. The van der Waals surface area contributed by atoms with E-state index < -0.39 is 11.8 Å². The zero-order chi connectivity index (χ0) is 15.6. The van der Waals surface area contributed by atoms with Crippen molar-refractivity contribution in [1.29, 1.82) is 0 Å². The van der Waals surface area contributed by atoms with E-state index in [-0.39, 0.29) is 11.4 Å². The fraction of sp³-hybridized carbons (Fsp3) is 0. The highest BCUT2D eigenvalue weighted by Gasteiger charge is 2.03. The quantitative estimate of drug-likeness (QED) is 0.622. The molecule has 110 valence electrons. The van der Waals surface area contributed by atoms with Gasteiger partial charge in [-0.05, 0) is 24.3 Å². The van der Waals surface area contributed by atoms with Crippen molar-refractivity contribution < 1.29 is 9.59 Å². The standard InChI is InChI=1S/C14H12N6O2/c21-13(11-5-1-3-7-15-11)19-17-9-10-18-20-14(22)12-6-2-4-8-16-12/h1-10H,(H,19,21)(H,20,22)/b17-9-,18-10-. The molecule has 2 aromatic heterocycles. The van der Waals surface area contributed by atoms with Crippen molar-refractivity contribution >= 4 is 24.2 Å². The number of hydrogen-bond acceptors (Lipinski definition) is 6. The van der Waals surface area contributed by atoms with E-state index >= 15 is 0 Å². The second-order valence-corrected chi connectivity index (χ2v) is 3.87. The first-order valence-corrected chi connectivity index (χ1v) is 6.25. The number of hydrazone groups is 2. The number of aromatic nitrogens is 2. The van der Waals surface area contributed by atoms with Crippen molar-refractivity contribution in [2.24, 2.45) is 10.2 Å². The SMILES string of the molecule is O=C(N/N=C\C=N/NC(=O)c1ccccn1)c1ccccn1. The Balaban J connectivity index is 1.76. The molecule has 0 fully saturated rings. The molecule has 0 aliphatic heterocycles. The Morgan fingerprint density at radius 3 is 1.64 bits per heavy atom. The summed E-state index contributed by atoms with van der Waals surface area (Å²) in [6.07, 6.45) is 5.46. The number of amides is 2. The average Bonchev–Trinajstić information content (AvgIpc) is 2.59. The third-order valence-corrected chi connectivity index (χ3v) is 2.34. The first-order chi connectivity index (χ1) is 10.8. The molecule has 2 amide bonds. The van der Waals surface area contributed by atoms with E-state index in [2.05, 4.69) is 31.0 Å². The summed E-state index contributed by atoms with van der Waals surface area (Å²) in [4.78, 5) is 30.9. The summed E-state index contributed by atoms with van der Waals surface area (Å²) >= 11 is 0. The van der Waals surface area contributed by atoms with Gasteiger partial charge in [-0.15, -0.1) is 0 Å². The van der Waals surface area contributed by atoms with Gasteiger partial charge in [-0.3, -0.25) is 19.6 Å². The molecule has 0 saturated heterocycles. The first-order valence-electron chi connectivity index (χ1n) is 6.25. The van der Waals surface area contributed by atoms with Gasteiger partial charge in [0.05, 0.1) is 12.4 Å². The first kappa shape index (κ1) is 15.0. The minimum atomic E-state index is -0.442. The maximum Gasteiger partial charge on any atom is 0.289 e. The van der Waals surface area contributed by atoms with Gasteiger partial charge in [0.25, 0.3) is 11.8 Å². The van der Waals surface area contributed by atoms with Crippen LogP contribution in [0.5, 0.6) is 0 Å². The predicted octanol–water partition coefficient (Wildman–Crippen LogP) is 0.608. The molecule has 2 heterocycles. The van der Waals surface area contributed by atoms with E-state index in [9.17, 15) is 9.59 Å². The van der Waals surface area contributed by atoms with Crippen molar-refractivity contribution in [3.8, 4) is 0 Å². The van der Waals surface area contributed by atoms with Crippen LogP contribution in [0.1, 0.15) is 21.0 Å². The van der Waals surface area contributed by atoms with Gasteiger partial charge in [0, 0.05) is 12.4 Å². The fourth-order valence-electron chi connectivity index (χ4n) is 1.37. The van der Waals surface area contributed by atoms with Crippen LogP contribution in [0.2, 0.25) is 0 Å². The Morgan fingerprint density at radius 2 is 1.27 bits per heavy atom. The monoisotopic (exact) mass is 296 g/mol. The molecular weight excluding hydrogens is 284 g/mol. The van der Waals surface area contributed by atoms with Gasteiger partial charge in [-0.2, -0.15) is 10.2 Å². The summed E-state index contributed by atoms with van der Waals surface area (Å²) in [6, 6.07) is 9.92. The number of carbonyl (C=O) groups is 2. The van der Waals surface area contributed by atoms with Crippen LogP contribution in [0.4, 0.5) is 0 Å².